The van der Waals surface area contributed by atoms with E-state index in [-0.39, 0.29) is 36.0 Å². The van der Waals surface area contributed by atoms with E-state index in [2.05, 4.69) is 20.6 Å². The van der Waals surface area contributed by atoms with Gasteiger partial charge in [-0.3, -0.25) is 4.79 Å². The van der Waals surface area contributed by atoms with Crippen LogP contribution in [0.1, 0.15) is 10.5 Å². The van der Waals surface area contributed by atoms with E-state index in [0.717, 1.165) is 4.68 Å². The minimum absolute atomic E-state index is 0.00343. The number of aliphatic hydroxyl groups is 1. The van der Waals surface area contributed by atoms with Crippen LogP contribution in [0.4, 0.5) is 11.4 Å². The summed E-state index contributed by atoms with van der Waals surface area (Å²) in [6.07, 6.45) is 0. The van der Waals surface area contributed by atoms with Crippen LogP contribution in [-0.4, -0.2) is 44.2 Å². The number of halogens is 1. The molecule has 0 fully saturated rings. The van der Waals surface area contributed by atoms with Gasteiger partial charge in [-0.1, -0.05) is 29.8 Å². The van der Waals surface area contributed by atoms with Crippen molar-refractivity contribution < 1.29 is 20.1 Å². The lowest BCUT2D eigenvalue weighted by Gasteiger charge is -2.01. The molecular formula is C18H16ClN5O4. The molecule has 0 atom stereocenters. The molecule has 0 aliphatic carbocycles. The zero-order chi connectivity index (χ0) is 20.1. The molecule has 4 N–H and O–H groups in total. The van der Waals surface area contributed by atoms with Crippen molar-refractivity contribution in [1.82, 2.24) is 15.1 Å². The standard InChI is InChI=1S/C18H16ClN5O4/c19-11-6-7-14(26)13(10-11)21-22-16-15(17(27)20-8-9-25)23-24(18(16)28)12-4-2-1-3-5-12/h1-7,10,25-26,28H,8-9H2,(H,20,27). The number of hydrogen-bond acceptors (Lipinski definition) is 7. The van der Waals surface area contributed by atoms with Crippen LogP contribution < -0.4 is 5.32 Å². The molecule has 0 aliphatic rings. The van der Waals surface area contributed by atoms with Crippen molar-refractivity contribution in [3.63, 3.8) is 0 Å². The molecule has 0 saturated heterocycles. The fraction of sp³-hybridized carbons (Fsp3) is 0.111. The number of aromatic hydroxyl groups is 2. The first-order chi connectivity index (χ1) is 13.5. The van der Waals surface area contributed by atoms with Crippen LogP contribution in [0, 0.1) is 0 Å². The number of carbonyl (C=O) groups excluding carboxylic acids is 1. The lowest BCUT2D eigenvalue weighted by atomic mass is 10.3. The summed E-state index contributed by atoms with van der Waals surface area (Å²) in [6.45, 7) is -0.256. The van der Waals surface area contributed by atoms with E-state index in [1.54, 1.807) is 30.3 Å². The van der Waals surface area contributed by atoms with E-state index in [1.807, 2.05) is 0 Å². The molecule has 3 rings (SSSR count). The van der Waals surface area contributed by atoms with Crippen molar-refractivity contribution in [3.8, 4) is 17.3 Å². The molecular weight excluding hydrogens is 386 g/mol. The largest absolute Gasteiger partial charge is 0.506 e. The number of carbonyl (C=O) groups is 1. The predicted octanol–water partition coefficient (Wildman–Crippen LogP) is 3.07. The Bertz CT molecular complexity index is 1020. The lowest BCUT2D eigenvalue weighted by Crippen LogP contribution is -2.27. The zero-order valence-electron chi connectivity index (χ0n) is 14.4. The Hall–Kier alpha value is -3.43. The highest BCUT2D eigenvalue weighted by Gasteiger charge is 2.24. The average molecular weight is 402 g/mol. The van der Waals surface area contributed by atoms with E-state index in [1.165, 1.54) is 18.2 Å². The minimum Gasteiger partial charge on any atom is -0.506 e. The maximum absolute atomic E-state index is 12.4. The lowest BCUT2D eigenvalue weighted by molar-refractivity contribution is 0.0940. The number of phenolic OH excluding ortho intramolecular Hbond substituents is 1. The number of benzene rings is 2. The number of hydrogen-bond donors (Lipinski definition) is 4. The summed E-state index contributed by atoms with van der Waals surface area (Å²) in [7, 11) is 0. The number of nitrogens with zero attached hydrogens (tertiary/aromatic N) is 4. The van der Waals surface area contributed by atoms with E-state index >= 15 is 0 Å². The second-order valence-electron chi connectivity index (χ2n) is 5.58. The quantitative estimate of drug-likeness (QED) is 0.471. The van der Waals surface area contributed by atoms with Crippen LogP contribution in [0.5, 0.6) is 11.6 Å². The van der Waals surface area contributed by atoms with Gasteiger partial charge in [0.05, 0.1) is 12.3 Å². The molecule has 3 aromatic rings. The molecule has 9 nitrogen and oxygen atoms in total. The van der Waals surface area contributed by atoms with Gasteiger partial charge in [0.25, 0.3) is 5.91 Å². The van der Waals surface area contributed by atoms with Gasteiger partial charge >= 0.3 is 0 Å². The zero-order valence-corrected chi connectivity index (χ0v) is 15.2. The Balaban J connectivity index is 2.07. The molecule has 0 aliphatic heterocycles. The van der Waals surface area contributed by atoms with Gasteiger partial charge in [-0.15, -0.1) is 10.2 Å². The number of para-hydroxylation sites is 1. The van der Waals surface area contributed by atoms with Crippen molar-refractivity contribution >= 4 is 28.9 Å². The van der Waals surface area contributed by atoms with Crippen molar-refractivity contribution in [2.75, 3.05) is 13.2 Å². The topological polar surface area (TPSA) is 132 Å². The molecule has 0 radical (unpaired) electrons. The van der Waals surface area contributed by atoms with Crippen LogP contribution in [0.2, 0.25) is 5.02 Å². The Labute approximate surface area is 164 Å². The fourth-order valence-corrected chi connectivity index (χ4v) is 2.50. The van der Waals surface area contributed by atoms with Gasteiger partial charge in [0.15, 0.2) is 11.4 Å². The van der Waals surface area contributed by atoms with Crippen LogP contribution in [-0.2, 0) is 0 Å². The number of amides is 1. The number of nitrogens with one attached hydrogen (secondary N) is 1. The van der Waals surface area contributed by atoms with Crippen LogP contribution in [0.15, 0.2) is 58.8 Å². The Kier molecular flexibility index (Phi) is 5.87. The molecule has 0 unspecified atom stereocenters. The summed E-state index contributed by atoms with van der Waals surface area (Å²) < 4.78 is 1.14. The maximum Gasteiger partial charge on any atom is 0.274 e. The number of azo groups is 1. The molecule has 1 amide bonds. The van der Waals surface area contributed by atoms with E-state index in [0.29, 0.717) is 10.7 Å². The highest BCUT2D eigenvalue weighted by Crippen LogP contribution is 2.36. The molecule has 144 valence electrons. The third-order valence-electron chi connectivity index (χ3n) is 3.65. The van der Waals surface area contributed by atoms with Crippen LogP contribution in [0.25, 0.3) is 5.69 Å². The second kappa shape index (κ2) is 8.51. The molecule has 1 heterocycles. The van der Waals surface area contributed by atoms with Crippen molar-refractivity contribution in [1.29, 1.82) is 0 Å². The first-order valence-electron chi connectivity index (χ1n) is 8.18. The first-order valence-corrected chi connectivity index (χ1v) is 8.55. The SMILES string of the molecule is O=C(NCCO)c1nn(-c2ccccc2)c(O)c1N=Nc1cc(Cl)ccc1O. The Morgan fingerprint density at radius 1 is 1.14 bits per heavy atom. The number of phenols is 1. The Morgan fingerprint density at radius 2 is 1.89 bits per heavy atom. The predicted molar refractivity (Wildman–Crippen MR) is 102 cm³/mol. The van der Waals surface area contributed by atoms with Crippen molar-refractivity contribution in [2.45, 2.75) is 0 Å². The number of aliphatic hydroxyl groups excluding tert-OH is 1. The molecule has 0 saturated carbocycles. The average Bonchev–Trinajstić information content (AvgIpc) is 3.04. The van der Waals surface area contributed by atoms with E-state index in [4.69, 9.17) is 16.7 Å². The van der Waals surface area contributed by atoms with Gasteiger partial charge in [0.2, 0.25) is 5.88 Å². The summed E-state index contributed by atoms with van der Waals surface area (Å²) in [4.78, 5) is 12.4. The summed E-state index contributed by atoms with van der Waals surface area (Å²) in [6, 6.07) is 12.9. The second-order valence-corrected chi connectivity index (χ2v) is 6.02. The van der Waals surface area contributed by atoms with Gasteiger partial charge < -0.3 is 20.6 Å². The van der Waals surface area contributed by atoms with Gasteiger partial charge in [0.1, 0.15) is 11.4 Å². The molecule has 28 heavy (non-hydrogen) atoms. The Morgan fingerprint density at radius 3 is 2.61 bits per heavy atom. The van der Waals surface area contributed by atoms with Crippen molar-refractivity contribution in [3.05, 3.63) is 59.2 Å². The van der Waals surface area contributed by atoms with Gasteiger partial charge in [-0.05, 0) is 30.3 Å². The van der Waals surface area contributed by atoms with E-state index < -0.39 is 11.8 Å². The van der Waals surface area contributed by atoms with E-state index in [9.17, 15) is 15.0 Å². The summed E-state index contributed by atoms with van der Waals surface area (Å²) in [5.74, 6) is -1.23. The summed E-state index contributed by atoms with van der Waals surface area (Å²) in [5.41, 5.74) is 0.170. The fourth-order valence-electron chi connectivity index (χ4n) is 2.33. The third-order valence-corrected chi connectivity index (χ3v) is 3.88. The highest BCUT2D eigenvalue weighted by molar-refractivity contribution is 6.30. The smallest absolute Gasteiger partial charge is 0.274 e. The van der Waals surface area contributed by atoms with Crippen LogP contribution in [0.3, 0.4) is 0 Å². The molecule has 2 aromatic carbocycles. The summed E-state index contributed by atoms with van der Waals surface area (Å²) >= 11 is 5.89. The van der Waals surface area contributed by atoms with Crippen LogP contribution >= 0.6 is 11.6 Å². The van der Waals surface area contributed by atoms with Crippen molar-refractivity contribution in [2.24, 2.45) is 10.2 Å². The maximum atomic E-state index is 12.4. The third kappa shape index (κ3) is 4.11. The summed E-state index contributed by atoms with van der Waals surface area (Å²) in [5, 5.41) is 44.0. The number of aromatic nitrogens is 2. The first kappa shape index (κ1) is 19.3. The molecule has 10 heteroatoms. The molecule has 0 bridgehead atoms. The van der Waals surface area contributed by atoms with Gasteiger partial charge in [-0.25, -0.2) is 0 Å². The van der Waals surface area contributed by atoms with Gasteiger partial charge in [0, 0.05) is 11.6 Å². The normalized spacial score (nSPS) is 11.1. The number of rotatable bonds is 6. The monoisotopic (exact) mass is 401 g/mol. The van der Waals surface area contributed by atoms with Gasteiger partial charge in [-0.2, -0.15) is 9.78 Å². The molecule has 1 aromatic heterocycles. The highest BCUT2D eigenvalue weighted by atomic mass is 35.5. The minimum atomic E-state index is -0.650. The molecule has 0 spiro atoms.